The third-order valence-electron chi connectivity index (χ3n) is 1.70. The monoisotopic (exact) mass is 299 g/mol. The molecule has 0 fully saturated rings. The van der Waals surface area contributed by atoms with E-state index in [9.17, 15) is 13.2 Å². The average Bonchev–Trinajstić information content (AvgIpc) is 2.14. The van der Waals surface area contributed by atoms with E-state index in [-0.39, 0.29) is 5.82 Å². The maximum absolute atomic E-state index is 12.0. The molecule has 0 aliphatic rings. The van der Waals surface area contributed by atoms with Crippen LogP contribution in [0.15, 0.2) is 16.7 Å². The second kappa shape index (κ2) is 4.88. The van der Waals surface area contributed by atoms with Crippen molar-refractivity contribution in [1.29, 1.82) is 0 Å². The highest BCUT2D eigenvalue weighted by Crippen LogP contribution is 2.24. The van der Waals surface area contributed by atoms with Gasteiger partial charge in [-0.1, -0.05) is 0 Å². The molecule has 90 valence electrons. The van der Waals surface area contributed by atoms with Crippen LogP contribution in [0.3, 0.4) is 0 Å². The Labute approximate surface area is 97.8 Å². The Morgan fingerprint density at radius 3 is 2.69 bits per heavy atom. The minimum Gasteiger partial charge on any atom is -0.397 e. The summed E-state index contributed by atoms with van der Waals surface area (Å²) in [7, 11) is 0. The Bertz CT molecular complexity index is 372. The standard InChI is InChI=1S/C8H9BrF3N3O/c9-5-1-4(13)2-14-7(5)15-3-6(16)8(10,11)12/h1-2,6,16H,3,13H2,(H,14,15). The molecule has 1 aromatic rings. The molecular formula is C8H9BrF3N3O. The van der Waals surface area contributed by atoms with Gasteiger partial charge in [-0.25, -0.2) is 4.98 Å². The quantitative estimate of drug-likeness (QED) is 0.795. The van der Waals surface area contributed by atoms with Crippen LogP contribution in [0.2, 0.25) is 0 Å². The summed E-state index contributed by atoms with van der Waals surface area (Å²) < 4.78 is 36.4. The summed E-state index contributed by atoms with van der Waals surface area (Å²) in [5, 5.41) is 11.1. The summed E-state index contributed by atoms with van der Waals surface area (Å²) in [6, 6.07) is 1.50. The van der Waals surface area contributed by atoms with Gasteiger partial charge in [0.15, 0.2) is 6.10 Å². The lowest BCUT2D eigenvalue weighted by Gasteiger charge is -2.15. The van der Waals surface area contributed by atoms with Gasteiger partial charge < -0.3 is 16.2 Å². The largest absolute Gasteiger partial charge is 0.416 e. The lowest BCUT2D eigenvalue weighted by atomic mass is 10.3. The lowest BCUT2D eigenvalue weighted by Crippen LogP contribution is -2.35. The molecule has 0 aromatic carbocycles. The smallest absolute Gasteiger partial charge is 0.397 e. The molecule has 0 spiro atoms. The predicted octanol–water partition coefficient (Wildman–Crippen LogP) is 1.76. The van der Waals surface area contributed by atoms with E-state index >= 15 is 0 Å². The number of aliphatic hydroxyl groups is 1. The number of nitrogens with two attached hydrogens (primary N) is 1. The van der Waals surface area contributed by atoms with Crippen LogP contribution in [0.25, 0.3) is 0 Å². The number of nitrogens with zero attached hydrogens (tertiary/aromatic N) is 1. The summed E-state index contributed by atoms with van der Waals surface area (Å²) in [4.78, 5) is 3.77. The fraction of sp³-hybridized carbons (Fsp3) is 0.375. The molecule has 0 saturated heterocycles. The van der Waals surface area contributed by atoms with Gasteiger partial charge >= 0.3 is 6.18 Å². The van der Waals surface area contributed by atoms with Crippen LogP contribution in [-0.4, -0.2) is 28.9 Å². The molecule has 0 saturated carbocycles. The summed E-state index contributed by atoms with van der Waals surface area (Å²) in [6.45, 7) is -0.668. The number of anilines is 2. The molecule has 0 bridgehead atoms. The van der Waals surface area contributed by atoms with Crippen LogP contribution >= 0.6 is 15.9 Å². The number of halogens is 4. The molecule has 0 amide bonds. The molecule has 1 aromatic heterocycles. The molecule has 0 aliphatic heterocycles. The van der Waals surface area contributed by atoms with Gasteiger partial charge in [-0.3, -0.25) is 0 Å². The fourth-order valence-electron chi connectivity index (χ4n) is 0.892. The first-order valence-electron chi connectivity index (χ1n) is 4.20. The highest BCUT2D eigenvalue weighted by atomic mass is 79.9. The first-order valence-corrected chi connectivity index (χ1v) is 4.99. The van der Waals surface area contributed by atoms with E-state index < -0.39 is 18.8 Å². The van der Waals surface area contributed by atoms with Gasteiger partial charge in [-0.15, -0.1) is 0 Å². The molecule has 16 heavy (non-hydrogen) atoms. The zero-order valence-corrected chi connectivity index (χ0v) is 9.51. The average molecular weight is 300 g/mol. The number of aliphatic hydroxyl groups excluding tert-OH is 1. The second-order valence-corrected chi connectivity index (χ2v) is 3.89. The second-order valence-electron chi connectivity index (χ2n) is 3.04. The topological polar surface area (TPSA) is 71.2 Å². The summed E-state index contributed by atoms with van der Waals surface area (Å²) in [5.41, 5.74) is 5.79. The molecule has 4 nitrogen and oxygen atoms in total. The van der Waals surface area contributed by atoms with Gasteiger partial charge in [-0.05, 0) is 22.0 Å². The van der Waals surface area contributed by atoms with Crippen LogP contribution in [-0.2, 0) is 0 Å². The molecule has 1 unspecified atom stereocenters. The molecule has 1 rings (SSSR count). The minimum atomic E-state index is -4.65. The van der Waals surface area contributed by atoms with Crippen LogP contribution < -0.4 is 11.1 Å². The lowest BCUT2D eigenvalue weighted by molar-refractivity contribution is -0.198. The number of hydrogen-bond acceptors (Lipinski definition) is 4. The van der Waals surface area contributed by atoms with Gasteiger partial charge in [0.2, 0.25) is 0 Å². The first kappa shape index (κ1) is 13.0. The molecule has 0 radical (unpaired) electrons. The number of hydrogen-bond donors (Lipinski definition) is 3. The number of aromatic nitrogens is 1. The zero-order valence-electron chi connectivity index (χ0n) is 7.92. The summed E-state index contributed by atoms with van der Waals surface area (Å²) in [6.07, 6.45) is -5.78. The van der Waals surface area contributed by atoms with E-state index in [1.54, 1.807) is 0 Å². The van der Waals surface area contributed by atoms with Crippen LogP contribution in [0.4, 0.5) is 24.7 Å². The fourth-order valence-corrected chi connectivity index (χ4v) is 1.40. The van der Waals surface area contributed by atoms with Crippen LogP contribution in [0.5, 0.6) is 0 Å². The number of rotatable bonds is 3. The Morgan fingerprint density at radius 2 is 2.19 bits per heavy atom. The van der Waals surface area contributed by atoms with Gasteiger partial charge in [0.25, 0.3) is 0 Å². The van der Waals surface area contributed by atoms with Crippen molar-refractivity contribution in [1.82, 2.24) is 4.98 Å². The van der Waals surface area contributed by atoms with E-state index in [2.05, 4.69) is 26.2 Å². The Hall–Kier alpha value is -1.02. The third kappa shape index (κ3) is 3.53. The molecule has 0 aliphatic carbocycles. The molecule has 4 N–H and O–H groups in total. The van der Waals surface area contributed by atoms with Crippen molar-refractivity contribution in [2.45, 2.75) is 12.3 Å². The highest BCUT2D eigenvalue weighted by molar-refractivity contribution is 9.10. The number of pyridine rings is 1. The maximum Gasteiger partial charge on any atom is 0.416 e. The van der Waals surface area contributed by atoms with E-state index in [4.69, 9.17) is 10.8 Å². The van der Waals surface area contributed by atoms with E-state index in [0.717, 1.165) is 0 Å². The van der Waals surface area contributed by atoms with Crippen molar-refractivity contribution in [3.63, 3.8) is 0 Å². The van der Waals surface area contributed by atoms with Gasteiger partial charge in [0.1, 0.15) is 5.82 Å². The summed E-state index contributed by atoms with van der Waals surface area (Å²) >= 11 is 3.08. The molecular weight excluding hydrogens is 291 g/mol. The van der Waals surface area contributed by atoms with Crippen molar-refractivity contribution < 1.29 is 18.3 Å². The number of nitrogen functional groups attached to an aromatic ring is 1. The van der Waals surface area contributed by atoms with E-state index in [1.807, 2.05) is 0 Å². The predicted molar refractivity (Wildman–Crippen MR) is 56.9 cm³/mol. The van der Waals surface area contributed by atoms with Crippen LogP contribution in [0.1, 0.15) is 0 Å². The SMILES string of the molecule is Nc1cnc(NCC(O)C(F)(F)F)c(Br)c1. The number of alkyl halides is 3. The number of nitrogens with one attached hydrogen (secondary N) is 1. The molecule has 1 heterocycles. The maximum atomic E-state index is 12.0. The van der Waals surface area contributed by atoms with Crippen molar-refractivity contribution in [3.8, 4) is 0 Å². The van der Waals surface area contributed by atoms with Crippen LogP contribution in [0, 0.1) is 0 Å². The van der Waals surface area contributed by atoms with Gasteiger partial charge in [-0.2, -0.15) is 13.2 Å². The normalized spacial score (nSPS) is 13.6. The summed E-state index contributed by atoms with van der Waals surface area (Å²) in [5.74, 6) is 0.192. The Kier molecular flexibility index (Phi) is 3.98. The van der Waals surface area contributed by atoms with Gasteiger partial charge in [0, 0.05) is 0 Å². The van der Waals surface area contributed by atoms with Crippen molar-refractivity contribution in [2.75, 3.05) is 17.6 Å². The third-order valence-corrected chi connectivity index (χ3v) is 2.31. The zero-order chi connectivity index (χ0) is 12.3. The molecule has 8 heteroatoms. The van der Waals surface area contributed by atoms with Crippen molar-refractivity contribution in [2.24, 2.45) is 0 Å². The Morgan fingerprint density at radius 1 is 1.56 bits per heavy atom. The molecule has 1 atom stereocenters. The highest BCUT2D eigenvalue weighted by Gasteiger charge is 2.37. The van der Waals surface area contributed by atoms with E-state index in [0.29, 0.717) is 10.2 Å². The van der Waals surface area contributed by atoms with E-state index in [1.165, 1.54) is 12.3 Å². The minimum absolute atomic E-state index is 0.192. The van der Waals surface area contributed by atoms with Gasteiger partial charge in [0.05, 0.1) is 22.9 Å². The van der Waals surface area contributed by atoms with Crippen molar-refractivity contribution in [3.05, 3.63) is 16.7 Å². The van der Waals surface area contributed by atoms with Crippen molar-refractivity contribution >= 4 is 27.4 Å². The Balaban J connectivity index is 2.62. The first-order chi connectivity index (χ1) is 7.30.